The maximum Gasteiger partial charge on any atom is 0.306 e. The summed E-state index contributed by atoms with van der Waals surface area (Å²) < 4.78 is 5.56. The van der Waals surface area contributed by atoms with Crippen molar-refractivity contribution in [3.05, 3.63) is 23.3 Å². The molecular weight excluding hydrogens is 546 g/mol. The van der Waals surface area contributed by atoms with Crippen molar-refractivity contribution in [2.45, 2.75) is 136 Å². The second kappa shape index (κ2) is 11.3. The van der Waals surface area contributed by atoms with E-state index in [0.717, 1.165) is 44.8 Å². The van der Waals surface area contributed by atoms with Crippen LogP contribution in [0, 0.1) is 57.7 Å². The molecule has 4 unspecified atom stereocenters. The summed E-state index contributed by atoms with van der Waals surface area (Å²) in [7, 11) is 0. The van der Waals surface area contributed by atoms with Crippen LogP contribution in [0.5, 0.6) is 0 Å². The van der Waals surface area contributed by atoms with E-state index in [4.69, 9.17) is 4.74 Å². The number of fused-ring (bicyclic) bond motifs is 7. The Kier molecular flexibility index (Phi) is 7.94. The SMILES string of the molecule is CC1C(C2=CC[C@H](C(=O)O)CC2)=CC[C@@]2(C)C1CC[C@]1(C)C2CC[C@@H]2C3CCC[C@]3(NC(=O)CC3CCOCC3)CC[C@]21C. The number of ether oxygens (including phenoxy) is 1. The van der Waals surface area contributed by atoms with Gasteiger partial charge in [0.05, 0.1) is 5.92 Å². The summed E-state index contributed by atoms with van der Waals surface area (Å²) >= 11 is 0. The van der Waals surface area contributed by atoms with E-state index in [2.05, 4.69) is 45.2 Å². The van der Waals surface area contributed by atoms with Crippen molar-refractivity contribution in [1.29, 1.82) is 0 Å². The normalized spacial score (nSPS) is 47.3. The van der Waals surface area contributed by atoms with Crippen molar-refractivity contribution in [3.63, 3.8) is 0 Å². The lowest BCUT2D eigenvalue weighted by Gasteiger charge is -2.71. The van der Waals surface area contributed by atoms with Crippen molar-refractivity contribution in [3.8, 4) is 0 Å². The average Bonchev–Trinajstić information content (AvgIpc) is 3.41. The minimum Gasteiger partial charge on any atom is -0.481 e. The third-order valence-electron chi connectivity index (χ3n) is 15.9. The number of rotatable bonds is 5. The number of hydrogen-bond donors (Lipinski definition) is 2. The van der Waals surface area contributed by atoms with E-state index in [0.29, 0.717) is 64.6 Å². The quantitative estimate of drug-likeness (QED) is 0.330. The Morgan fingerprint density at radius 2 is 1.68 bits per heavy atom. The number of carboxylic acids is 1. The molecule has 0 aromatic heterocycles. The lowest BCUT2D eigenvalue weighted by Crippen LogP contribution is -2.67. The number of carbonyl (C=O) groups is 2. The zero-order chi connectivity index (χ0) is 30.9. The van der Waals surface area contributed by atoms with Crippen LogP contribution in [0.2, 0.25) is 0 Å². The Balaban J connectivity index is 1.10. The van der Waals surface area contributed by atoms with Crippen molar-refractivity contribution >= 4 is 11.9 Å². The van der Waals surface area contributed by atoms with Crippen molar-refractivity contribution in [2.24, 2.45) is 57.7 Å². The summed E-state index contributed by atoms with van der Waals surface area (Å²) in [4.78, 5) is 25.0. The second-order valence-electron chi connectivity index (χ2n) is 17.4. The van der Waals surface area contributed by atoms with Gasteiger partial charge in [-0.25, -0.2) is 0 Å². The van der Waals surface area contributed by atoms with E-state index >= 15 is 0 Å². The molecule has 5 heteroatoms. The lowest BCUT2D eigenvalue weighted by molar-refractivity contribution is -0.212. The largest absolute Gasteiger partial charge is 0.481 e. The number of hydrogen-bond acceptors (Lipinski definition) is 3. The molecule has 4 saturated carbocycles. The van der Waals surface area contributed by atoms with Gasteiger partial charge < -0.3 is 15.2 Å². The van der Waals surface area contributed by atoms with Crippen molar-refractivity contribution in [2.75, 3.05) is 13.2 Å². The molecule has 244 valence electrons. The molecule has 0 aromatic rings. The third kappa shape index (κ3) is 4.70. The van der Waals surface area contributed by atoms with E-state index in [9.17, 15) is 14.7 Å². The van der Waals surface area contributed by atoms with Gasteiger partial charge in [0.2, 0.25) is 5.91 Å². The number of carboxylic acid groups (broad SMARTS) is 1. The summed E-state index contributed by atoms with van der Waals surface area (Å²) in [5, 5.41) is 13.3. The highest BCUT2D eigenvalue weighted by molar-refractivity contribution is 5.77. The van der Waals surface area contributed by atoms with E-state index in [1.807, 2.05) is 0 Å². The molecule has 6 aliphatic carbocycles. The van der Waals surface area contributed by atoms with Gasteiger partial charge in [0.25, 0.3) is 0 Å². The predicted molar refractivity (Wildman–Crippen MR) is 174 cm³/mol. The Bertz CT molecular complexity index is 1220. The fourth-order valence-electron chi connectivity index (χ4n) is 13.3. The van der Waals surface area contributed by atoms with Gasteiger partial charge in [0, 0.05) is 25.2 Å². The highest BCUT2D eigenvalue weighted by atomic mass is 16.5. The first-order valence-electron chi connectivity index (χ1n) is 18.5. The Hall–Kier alpha value is -1.62. The first-order chi connectivity index (χ1) is 21.0. The van der Waals surface area contributed by atoms with Gasteiger partial charge in [-0.1, -0.05) is 46.3 Å². The van der Waals surface area contributed by atoms with Gasteiger partial charge in [0.1, 0.15) is 0 Å². The van der Waals surface area contributed by atoms with Crippen LogP contribution in [0.4, 0.5) is 0 Å². The van der Waals surface area contributed by atoms with E-state index in [1.54, 1.807) is 5.57 Å². The van der Waals surface area contributed by atoms with Crippen molar-refractivity contribution in [1.82, 2.24) is 5.32 Å². The highest BCUT2D eigenvalue weighted by Crippen LogP contribution is 2.75. The van der Waals surface area contributed by atoms with Crippen LogP contribution < -0.4 is 5.32 Å². The molecule has 0 radical (unpaired) electrons. The van der Waals surface area contributed by atoms with E-state index in [1.165, 1.54) is 69.8 Å². The first-order valence-corrected chi connectivity index (χ1v) is 18.5. The molecule has 0 aromatic carbocycles. The number of amides is 1. The fourth-order valence-corrected chi connectivity index (χ4v) is 13.3. The van der Waals surface area contributed by atoms with Crippen LogP contribution in [0.25, 0.3) is 0 Å². The van der Waals surface area contributed by atoms with Crippen LogP contribution in [0.1, 0.15) is 130 Å². The molecule has 7 rings (SSSR count). The average molecular weight is 606 g/mol. The predicted octanol–water partition coefficient (Wildman–Crippen LogP) is 8.48. The summed E-state index contributed by atoms with van der Waals surface area (Å²) in [6, 6.07) is 0. The van der Waals surface area contributed by atoms with Gasteiger partial charge in [-0.05, 0) is 153 Å². The van der Waals surface area contributed by atoms with Crippen LogP contribution in [-0.2, 0) is 14.3 Å². The number of allylic oxidation sites excluding steroid dienone is 4. The molecule has 1 aliphatic heterocycles. The molecule has 2 N–H and O–H groups in total. The second-order valence-corrected chi connectivity index (χ2v) is 17.4. The molecule has 10 atom stereocenters. The zero-order valence-corrected chi connectivity index (χ0v) is 28.1. The summed E-state index contributed by atoms with van der Waals surface area (Å²) in [5.41, 5.74) is 4.02. The van der Waals surface area contributed by atoms with Gasteiger partial charge in [-0.2, -0.15) is 0 Å². The maximum atomic E-state index is 13.5. The molecule has 1 heterocycles. The fraction of sp³-hybridized carbons (Fsp3) is 0.846. The van der Waals surface area contributed by atoms with Crippen LogP contribution in [-0.4, -0.2) is 35.7 Å². The zero-order valence-electron chi connectivity index (χ0n) is 28.1. The van der Waals surface area contributed by atoms with E-state index in [-0.39, 0.29) is 11.5 Å². The van der Waals surface area contributed by atoms with Gasteiger partial charge in [0.15, 0.2) is 0 Å². The standard InChI is InChI=1S/C39H59NO4/c1-25-29(27-7-9-28(10-8-27)35(42)43)13-18-36(2)30(25)14-19-38(4)33(36)12-11-31-32-6-5-17-39(32,21-20-37(31,38)3)40-34(41)24-26-15-22-44-23-16-26/h7,13,25-26,28,30-33H,5-6,8-12,14-24H2,1-4H3,(H,40,41)(H,42,43)/t25?,28-,30?,31+,32?,33?,36-,37+,38+,39-/m0/s1. The minimum absolute atomic E-state index is 0.0289. The minimum atomic E-state index is -0.635. The van der Waals surface area contributed by atoms with E-state index < -0.39 is 5.97 Å². The molecule has 0 bridgehead atoms. The first kappa shape index (κ1) is 31.0. The van der Waals surface area contributed by atoms with Gasteiger partial charge >= 0.3 is 5.97 Å². The van der Waals surface area contributed by atoms with Gasteiger partial charge in [-0.3, -0.25) is 9.59 Å². The topological polar surface area (TPSA) is 75.6 Å². The Morgan fingerprint density at radius 3 is 2.41 bits per heavy atom. The third-order valence-corrected chi connectivity index (χ3v) is 15.9. The molecule has 1 saturated heterocycles. The molecule has 1 amide bonds. The highest BCUT2D eigenvalue weighted by Gasteiger charge is 2.68. The van der Waals surface area contributed by atoms with Crippen molar-refractivity contribution < 1.29 is 19.4 Å². The summed E-state index contributed by atoms with van der Waals surface area (Å²) in [6.45, 7) is 12.2. The molecule has 44 heavy (non-hydrogen) atoms. The van der Waals surface area contributed by atoms with Crippen LogP contribution in [0.15, 0.2) is 23.3 Å². The lowest BCUT2D eigenvalue weighted by atomic mass is 9.34. The number of nitrogens with one attached hydrogen (secondary N) is 1. The maximum absolute atomic E-state index is 13.5. The summed E-state index contributed by atoms with van der Waals surface area (Å²) in [6.07, 6.45) is 22.7. The molecule has 7 aliphatic rings. The summed E-state index contributed by atoms with van der Waals surface area (Å²) in [5.74, 6) is 3.30. The molecular formula is C39H59NO4. The Morgan fingerprint density at radius 1 is 0.886 bits per heavy atom. The van der Waals surface area contributed by atoms with Crippen LogP contribution >= 0.6 is 0 Å². The Labute approximate surface area is 266 Å². The van der Waals surface area contributed by atoms with Crippen LogP contribution in [0.3, 0.4) is 0 Å². The number of aliphatic carboxylic acids is 1. The number of carbonyl (C=O) groups excluding carboxylic acids is 1. The molecule has 0 spiro atoms. The molecule has 5 nitrogen and oxygen atoms in total. The monoisotopic (exact) mass is 605 g/mol. The van der Waals surface area contributed by atoms with Gasteiger partial charge in [-0.15, -0.1) is 0 Å². The molecule has 5 fully saturated rings. The smallest absolute Gasteiger partial charge is 0.306 e.